The minimum atomic E-state index is -0.387. The Labute approximate surface area is 73.8 Å². The van der Waals surface area contributed by atoms with Crippen molar-refractivity contribution in [2.75, 3.05) is 7.11 Å². The van der Waals surface area contributed by atoms with E-state index in [4.69, 9.17) is 9.15 Å². The van der Waals surface area contributed by atoms with Gasteiger partial charge in [-0.15, -0.1) is 0 Å². The van der Waals surface area contributed by atoms with Crippen molar-refractivity contribution in [3.8, 4) is 0 Å². The lowest BCUT2D eigenvalue weighted by molar-refractivity contribution is 0.0892. The molecule has 0 unspecified atom stereocenters. The van der Waals surface area contributed by atoms with Crippen LogP contribution in [0.2, 0.25) is 0 Å². The maximum Gasteiger partial charge on any atom is 0.263 e. The standard InChI is InChI=1S/C9H6O4/c1-12-7-4-6(10)5-2-3-13-9(5)8(7)11/h2-4H,1H3. The van der Waals surface area contributed by atoms with Crippen LogP contribution < -0.4 is 0 Å². The molecule has 0 amide bonds. The quantitative estimate of drug-likeness (QED) is 0.648. The number of carbonyl (C=O) groups excluding carboxylic acids is 2. The second-order valence-corrected chi connectivity index (χ2v) is 2.57. The van der Waals surface area contributed by atoms with E-state index in [1.807, 2.05) is 0 Å². The average molecular weight is 178 g/mol. The van der Waals surface area contributed by atoms with Crippen LogP contribution in [0.15, 0.2) is 28.6 Å². The summed E-state index contributed by atoms with van der Waals surface area (Å²) in [5.41, 5.74) is 0.297. The van der Waals surface area contributed by atoms with Crippen LogP contribution in [0.5, 0.6) is 0 Å². The highest BCUT2D eigenvalue weighted by Gasteiger charge is 2.29. The molecule has 1 heterocycles. The summed E-state index contributed by atoms with van der Waals surface area (Å²) in [6, 6.07) is 1.47. The SMILES string of the molecule is COC1=CC(=O)c2ccoc2C1=O. The van der Waals surface area contributed by atoms with Crippen LogP contribution in [0.4, 0.5) is 0 Å². The Hall–Kier alpha value is -1.84. The number of rotatable bonds is 1. The molecule has 66 valence electrons. The van der Waals surface area contributed by atoms with Crippen LogP contribution in [0.3, 0.4) is 0 Å². The summed E-state index contributed by atoms with van der Waals surface area (Å²) in [6.45, 7) is 0. The van der Waals surface area contributed by atoms with E-state index < -0.39 is 0 Å². The predicted octanol–water partition coefficient (Wildman–Crippen LogP) is 1.19. The topological polar surface area (TPSA) is 56.5 Å². The van der Waals surface area contributed by atoms with Crippen LogP contribution in [0.1, 0.15) is 20.9 Å². The summed E-state index contributed by atoms with van der Waals surface area (Å²) >= 11 is 0. The van der Waals surface area contributed by atoms with Crippen molar-refractivity contribution in [1.29, 1.82) is 0 Å². The van der Waals surface area contributed by atoms with Gasteiger partial charge in [-0.25, -0.2) is 0 Å². The fourth-order valence-electron chi connectivity index (χ4n) is 1.21. The molecular weight excluding hydrogens is 172 g/mol. The summed E-state index contributed by atoms with van der Waals surface area (Å²) in [5, 5.41) is 0. The molecule has 13 heavy (non-hydrogen) atoms. The van der Waals surface area contributed by atoms with Gasteiger partial charge in [-0.3, -0.25) is 9.59 Å². The number of ketones is 2. The zero-order valence-corrected chi connectivity index (χ0v) is 6.87. The first-order valence-corrected chi connectivity index (χ1v) is 3.66. The molecule has 0 N–H and O–H groups in total. The van der Waals surface area contributed by atoms with Gasteiger partial charge in [0.05, 0.1) is 18.9 Å². The number of methoxy groups -OCH3 is 1. The maximum atomic E-state index is 11.4. The van der Waals surface area contributed by atoms with Crippen LogP contribution in [-0.2, 0) is 4.74 Å². The highest BCUT2D eigenvalue weighted by molar-refractivity contribution is 6.22. The number of ether oxygens (including phenoxy) is 1. The van der Waals surface area contributed by atoms with Crippen molar-refractivity contribution in [3.63, 3.8) is 0 Å². The van der Waals surface area contributed by atoms with Crippen LogP contribution >= 0.6 is 0 Å². The minimum absolute atomic E-state index is 0.0208. The number of carbonyl (C=O) groups is 2. The number of hydrogen-bond donors (Lipinski definition) is 0. The van der Waals surface area contributed by atoms with E-state index in [1.165, 1.54) is 25.5 Å². The van der Waals surface area contributed by atoms with E-state index in [9.17, 15) is 9.59 Å². The Kier molecular flexibility index (Phi) is 1.55. The third-order valence-electron chi connectivity index (χ3n) is 1.84. The smallest absolute Gasteiger partial charge is 0.263 e. The molecule has 1 aromatic heterocycles. The van der Waals surface area contributed by atoms with Crippen molar-refractivity contribution in [1.82, 2.24) is 0 Å². The summed E-state index contributed by atoms with van der Waals surface area (Å²) in [6.07, 6.45) is 2.48. The number of furan rings is 1. The zero-order valence-electron chi connectivity index (χ0n) is 6.87. The molecule has 0 saturated heterocycles. The second kappa shape index (κ2) is 2.58. The van der Waals surface area contributed by atoms with Gasteiger partial charge in [-0.2, -0.15) is 0 Å². The van der Waals surface area contributed by atoms with Crippen molar-refractivity contribution in [2.45, 2.75) is 0 Å². The molecule has 1 aromatic rings. The normalized spacial score (nSPS) is 15.3. The molecule has 0 aromatic carbocycles. The maximum absolute atomic E-state index is 11.4. The van der Waals surface area contributed by atoms with E-state index in [0.717, 1.165) is 0 Å². The molecule has 0 atom stereocenters. The average Bonchev–Trinajstić information content (AvgIpc) is 2.60. The first-order valence-electron chi connectivity index (χ1n) is 3.66. The minimum Gasteiger partial charge on any atom is -0.492 e. The monoisotopic (exact) mass is 178 g/mol. The Morgan fingerprint density at radius 3 is 2.85 bits per heavy atom. The summed E-state index contributed by atoms with van der Waals surface area (Å²) in [5.74, 6) is -0.570. The van der Waals surface area contributed by atoms with Crippen molar-refractivity contribution >= 4 is 11.6 Å². The molecule has 1 aliphatic carbocycles. The van der Waals surface area contributed by atoms with Crippen molar-refractivity contribution in [3.05, 3.63) is 35.5 Å². The van der Waals surface area contributed by atoms with Gasteiger partial charge in [-0.05, 0) is 6.07 Å². The lowest BCUT2D eigenvalue weighted by atomic mass is 10.0. The number of hydrogen-bond acceptors (Lipinski definition) is 4. The van der Waals surface area contributed by atoms with Gasteiger partial charge in [0.25, 0.3) is 5.78 Å². The lowest BCUT2D eigenvalue weighted by Gasteiger charge is -2.08. The molecule has 0 saturated carbocycles. The number of fused-ring (bicyclic) bond motifs is 1. The van der Waals surface area contributed by atoms with Crippen LogP contribution in [0, 0.1) is 0 Å². The summed E-state index contributed by atoms with van der Waals surface area (Å²) < 4.78 is 9.61. The number of allylic oxidation sites excluding steroid dienone is 2. The van der Waals surface area contributed by atoms with E-state index in [1.54, 1.807) is 0 Å². The van der Waals surface area contributed by atoms with E-state index in [-0.39, 0.29) is 23.1 Å². The van der Waals surface area contributed by atoms with Gasteiger partial charge in [0, 0.05) is 6.08 Å². The molecule has 0 bridgehead atoms. The first-order chi connectivity index (χ1) is 6.24. The highest BCUT2D eigenvalue weighted by Crippen LogP contribution is 2.21. The third-order valence-corrected chi connectivity index (χ3v) is 1.84. The number of Topliss-reactive ketones (excluding diaryl/α,β-unsaturated/α-hetero) is 1. The van der Waals surface area contributed by atoms with E-state index in [0.29, 0.717) is 5.56 Å². The lowest BCUT2D eigenvalue weighted by Crippen LogP contribution is -2.15. The summed E-state index contributed by atoms with van der Waals surface area (Å²) in [4.78, 5) is 22.7. The first kappa shape index (κ1) is 7.79. The van der Waals surface area contributed by atoms with Crippen LogP contribution in [-0.4, -0.2) is 18.7 Å². The molecule has 0 spiro atoms. The van der Waals surface area contributed by atoms with Gasteiger partial charge >= 0.3 is 0 Å². The summed E-state index contributed by atoms with van der Waals surface area (Å²) in [7, 11) is 1.34. The Balaban J connectivity index is 2.58. The van der Waals surface area contributed by atoms with E-state index in [2.05, 4.69) is 0 Å². The van der Waals surface area contributed by atoms with Gasteiger partial charge in [0.1, 0.15) is 0 Å². The Bertz CT molecular complexity index is 411. The molecule has 4 nitrogen and oxygen atoms in total. The van der Waals surface area contributed by atoms with Gasteiger partial charge < -0.3 is 9.15 Å². The van der Waals surface area contributed by atoms with Gasteiger partial charge in [-0.1, -0.05) is 0 Å². The molecule has 0 aliphatic heterocycles. The zero-order chi connectivity index (χ0) is 9.42. The molecule has 0 radical (unpaired) electrons. The molecule has 0 fully saturated rings. The molecule has 1 aliphatic rings. The Morgan fingerprint density at radius 2 is 2.15 bits per heavy atom. The van der Waals surface area contributed by atoms with Gasteiger partial charge in [0.2, 0.25) is 0 Å². The second-order valence-electron chi connectivity index (χ2n) is 2.57. The fraction of sp³-hybridized carbons (Fsp3) is 0.111. The third kappa shape index (κ3) is 0.989. The Morgan fingerprint density at radius 1 is 1.38 bits per heavy atom. The molecular formula is C9H6O4. The van der Waals surface area contributed by atoms with Crippen molar-refractivity contribution in [2.24, 2.45) is 0 Å². The molecule has 2 rings (SSSR count). The van der Waals surface area contributed by atoms with Crippen LogP contribution in [0.25, 0.3) is 0 Å². The molecule has 4 heteroatoms. The highest BCUT2D eigenvalue weighted by atomic mass is 16.5. The fourth-order valence-corrected chi connectivity index (χ4v) is 1.21. The van der Waals surface area contributed by atoms with Crippen molar-refractivity contribution < 1.29 is 18.7 Å². The largest absolute Gasteiger partial charge is 0.492 e. The predicted molar refractivity (Wildman–Crippen MR) is 42.5 cm³/mol. The van der Waals surface area contributed by atoms with Gasteiger partial charge in [0.15, 0.2) is 17.3 Å². The van der Waals surface area contributed by atoms with E-state index >= 15 is 0 Å².